The Morgan fingerprint density at radius 3 is 2.50 bits per heavy atom. The van der Waals surface area contributed by atoms with Gasteiger partial charge in [-0.1, -0.05) is 0 Å². The molecule has 10 heteroatoms. The zero-order valence-corrected chi connectivity index (χ0v) is 13.5. The van der Waals surface area contributed by atoms with Crippen molar-refractivity contribution < 1.29 is 31.5 Å². The van der Waals surface area contributed by atoms with Gasteiger partial charge in [0.2, 0.25) is 10.0 Å². The number of nitrogens with zero attached hydrogens (tertiary/aromatic N) is 1. The predicted octanol–water partition coefficient (Wildman–Crippen LogP) is 1.18. The Hall–Kier alpha value is -1.65. The summed E-state index contributed by atoms with van der Waals surface area (Å²) in [6.07, 6.45) is 1.14. The molecule has 134 valence electrons. The highest BCUT2D eigenvalue weighted by Crippen LogP contribution is 2.27. The van der Waals surface area contributed by atoms with Gasteiger partial charge in [0.05, 0.1) is 6.54 Å². The Morgan fingerprint density at radius 2 is 1.92 bits per heavy atom. The van der Waals surface area contributed by atoms with E-state index in [9.17, 15) is 26.4 Å². The zero-order chi connectivity index (χ0) is 17.9. The van der Waals surface area contributed by atoms with Gasteiger partial charge in [0.15, 0.2) is 4.90 Å². The highest BCUT2D eigenvalue weighted by atomic mass is 32.2. The molecule has 1 unspecified atom stereocenters. The lowest BCUT2D eigenvalue weighted by molar-refractivity contribution is -0.136. The summed E-state index contributed by atoms with van der Waals surface area (Å²) in [5.74, 6) is -5.36. The van der Waals surface area contributed by atoms with Crippen LogP contribution in [0, 0.1) is 23.4 Å². The number of carbonyl (C=O) groups is 1. The maximum atomic E-state index is 13.8. The standard InChI is InChI=1S/C14H17F3N2O4S/c15-10-4-11(16)14(12(17)5-10)24(22,23)19-3-1-2-9(8-19)6-18-7-13(20)21/h4-5,9,18H,1-3,6-8H2,(H,20,21). The van der Waals surface area contributed by atoms with Gasteiger partial charge in [-0.3, -0.25) is 4.79 Å². The van der Waals surface area contributed by atoms with Gasteiger partial charge in [-0.15, -0.1) is 0 Å². The van der Waals surface area contributed by atoms with Crippen LogP contribution in [-0.2, 0) is 14.8 Å². The molecule has 24 heavy (non-hydrogen) atoms. The first-order chi connectivity index (χ1) is 11.2. The second-order valence-corrected chi connectivity index (χ2v) is 7.47. The van der Waals surface area contributed by atoms with Gasteiger partial charge in [0.1, 0.15) is 17.5 Å². The lowest BCUT2D eigenvalue weighted by atomic mass is 10.00. The zero-order valence-electron chi connectivity index (χ0n) is 12.6. The second-order valence-electron chi connectivity index (χ2n) is 5.59. The van der Waals surface area contributed by atoms with Crippen LogP contribution in [0.25, 0.3) is 0 Å². The van der Waals surface area contributed by atoms with Crippen LogP contribution in [0.3, 0.4) is 0 Å². The number of rotatable bonds is 6. The molecule has 1 aromatic rings. The van der Waals surface area contributed by atoms with E-state index in [1.807, 2.05) is 0 Å². The molecule has 0 amide bonds. The number of aliphatic carboxylic acids is 1. The van der Waals surface area contributed by atoms with Gasteiger partial charge in [-0.25, -0.2) is 21.6 Å². The number of hydrogen-bond donors (Lipinski definition) is 2. The molecular weight excluding hydrogens is 349 g/mol. The molecule has 1 aliphatic rings. The molecule has 6 nitrogen and oxygen atoms in total. The van der Waals surface area contributed by atoms with Crippen molar-refractivity contribution in [3.05, 3.63) is 29.6 Å². The fourth-order valence-corrected chi connectivity index (χ4v) is 4.34. The molecule has 0 radical (unpaired) electrons. The second kappa shape index (κ2) is 7.49. The smallest absolute Gasteiger partial charge is 0.317 e. The van der Waals surface area contributed by atoms with E-state index in [0.717, 1.165) is 4.31 Å². The third-order valence-electron chi connectivity index (χ3n) is 3.75. The maximum Gasteiger partial charge on any atom is 0.317 e. The minimum Gasteiger partial charge on any atom is -0.480 e. The van der Waals surface area contributed by atoms with E-state index < -0.39 is 38.3 Å². The Labute approximate surface area is 137 Å². The van der Waals surface area contributed by atoms with Crippen molar-refractivity contribution in [1.82, 2.24) is 9.62 Å². The van der Waals surface area contributed by atoms with Crippen molar-refractivity contribution in [3.8, 4) is 0 Å². The van der Waals surface area contributed by atoms with Crippen LogP contribution >= 0.6 is 0 Å². The van der Waals surface area contributed by atoms with Crippen molar-refractivity contribution in [2.45, 2.75) is 17.7 Å². The lowest BCUT2D eigenvalue weighted by Gasteiger charge is -2.32. The van der Waals surface area contributed by atoms with Gasteiger partial charge in [-0.05, 0) is 25.3 Å². The molecule has 1 atom stereocenters. The number of piperidine rings is 1. The van der Waals surface area contributed by atoms with Gasteiger partial charge in [0, 0.05) is 25.2 Å². The Balaban J connectivity index is 2.16. The van der Waals surface area contributed by atoms with Crippen molar-refractivity contribution in [2.75, 3.05) is 26.2 Å². The molecule has 0 aromatic heterocycles. The van der Waals surface area contributed by atoms with E-state index in [4.69, 9.17) is 5.11 Å². The van der Waals surface area contributed by atoms with E-state index in [1.54, 1.807) is 0 Å². The third-order valence-corrected chi connectivity index (χ3v) is 5.67. The van der Waals surface area contributed by atoms with Crippen molar-refractivity contribution in [1.29, 1.82) is 0 Å². The monoisotopic (exact) mass is 366 g/mol. The summed E-state index contributed by atoms with van der Waals surface area (Å²) in [4.78, 5) is 9.31. The van der Waals surface area contributed by atoms with Crippen molar-refractivity contribution in [2.24, 2.45) is 5.92 Å². The quantitative estimate of drug-likeness (QED) is 0.790. The number of carboxylic acid groups (broad SMARTS) is 1. The fourth-order valence-electron chi connectivity index (χ4n) is 2.70. The minimum absolute atomic E-state index is 0.00517. The van der Waals surface area contributed by atoms with E-state index >= 15 is 0 Å². The molecule has 2 rings (SSSR count). The molecule has 0 bridgehead atoms. The molecule has 0 saturated carbocycles. The number of carboxylic acids is 1. The van der Waals surface area contributed by atoms with E-state index in [1.165, 1.54) is 0 Å². The SMILES string of the molecule is O=C(O)CNCC1CCCN(S(=O)(=O)c2c(F)cc(F)cc2F)C1. The minimum atomic E-state index is -4.44. The lowest BCUT2D eigenvalue weighted by Crippen LogP contribution is -2.43. The first kappa shape index (κ1) is 18.7. The predicted molar refractivity (Wildman–Crippen MR) is 78.3 cm³/mol. The molecule has 0 aliphatic carbocycles. The van der Waals surface area contributed by atoms with Crippen molar-refractivity contribution in [3.63, 3.8) is 0 Å². The summed E-state index contributed by atoms with van der Waals surface area (Å²) >= 11 is 0. The molecule has 2 N–H and O–H groups in total. The van der Waals surface area contributed by atoms with Crippen LogP contribution in [0.1, 0.15) is 12.8 Å². The van der Waals surface area contributed by atoms with Crippen LogP contribution < -0.4 is 5.32 Å². The summed E-state index contributed by atoms with van der Waals surface area (Å²) < 4.78 is 66.4. The molecule has 1 heterocycles. The first-order valence-corrected chi connectivity index (χ1v) is 8.73. The summed E-state index contributed by atoms with van der Waals surface area (Å²) in [5.41, 5.74) is 0. The van der Waals surface area contributed by atoms with E-state index in [-0.39, 0.29) is 32.1 Å². The third kappa shape index (κ3) is 4.25. The van der Waals surface area contributed by atoms with Crippen molar-refractivity contribution >= 4 is 16.0 Å². The average molecular weight is 366 g/mol. The average Bonchev–Trinajstić information content (AvgIpc) is 2.45. The fraction of sp³-hybridized carbons (Fsp3) is 0.500. The molecule has 0 spiro atoms. The normalized spacial score (nSPS) is 19.4. The summed E-state index contributed by atoms with van der Waals surface area (Å²) in [6.45, 7) is 0.108. The van der Waals surface area contributed by atoms with Gasteiger partial charge in [-0.2, -0.15) is 4.31 Å². The summed E-state index contributed by atoms with van der Waals surface area (Å²) in [7, 11) is -4.44. The number of benzene rings is 1. The topological polar surface area (TPSA) is 86.7 Å². The van der Waals surface area contributed by atoms with E-state index in [0.29, 0.717) is 25.0 Å². The Morgan fingerprint density at radius 1 is 1.29 bits per heavy atom. The van der Waals surface area contributed by atoms with E-state index in [2.05, 4.69) is 5.32 Å². The number of sulfonamides is 1. The van der Waals surface area contributed by atoms with Crippen LogP contribution in [0.4, 0.5) is 13.2 Å². The largest absolute Gasteiger partial charge is 0.480 e. The van der Waals surface area contributed by atoms with Gasteiger partial charge < -0.3 is 10.4 Å². The molecule has 1 aromatic carbocycles. The Bertz CT molecular complexity index is 704. The highest BCUT2D eigenvalue weighted by Gasteiger charge is 2.34. The van der Waals surface area contributed by atoms with Crippen LogP contribution in [0.15, 0.2) is 17.0 Å². The van der Waals surface area contributed by atoms with Gasteiger partial charge >= 0.3 is 5.97 Å². The maximum absolute atomic E-state index is 13.8. The van der Waals surface area contributed by atoms with Crippen LogP contribution in [0.5, 0.6) is 0 Å². The number of nitrogens with one attached hydrogen (secondary N) is 1. The summed E-state index contributed by atoms with van der Waals surface area (Å²) in [5, 5.41) is 11.3. The first-order valence-electron chi connectivity index (χ1n) is 7.29. The molecular formula is C14H17F3N2O4S. The van der Waals surface area contributed by atoms with Crippen LogP contribution in [-0.4, -0.2) is 50.0 Å². The van der Waals surface area contributed by atoms with Gasteiger partial charge in [0.25, 0.3) is 0 Å². The molecule has 1 aliphatic heterocycles. The molecule has 1 saturated heterocycles. The highest BCUT2D eigenvalue weighted by molar-refractivity contribution is 7.89. The summed E-state index contributed by atoms with van der Waals surface area (Å²) in [6, 6.07) is 0.650. The number of halogens is 3. The number of hydrogen-bond acceptors (Lipinski definition) is 4. The van der Waals surface area contributed by atoms with Crippen LogP contribution in [0.2, 0.25) is 0 Å². The molecule has 1 fully saturated rings. The Kier molecular flexibility index (Phi) is 5.83.